The molecule has 0 spiro atoms. The Morgan fingerprint density at radius 1 is 0.947 bits per heavy atom. The van der Waals surface area contributed by atoms with Crippen LogP contribution in [0.2, 0.25) is 0 Å². The summed E-state index contributed by atoms with van der Waals surface area (Å²) in [6.45, 7) is 0.176. The van der Waals surface area contributed by atoms with E-state index >= 15 is 0 Å². The third kappa shape index (κ3) is 4.02. The molecule has 0 aliphatic carbocycles. The van der Waals surface area contributed by atoms with Gasteiger partial charge in [-0.25, -0.2) is 0 Å². The van der Waals surface area contributed by atoms with Crippen molar-refractivity contribution < 1.29 is 9.47 Å². The van der Waals surface area contributed by atoms with E-state index in [1.165, 1.54) is 0 Å². The fourth-order valence-electron chi connectivity index (χ4n) is 1.45. The summed E-state index contributed by atoms with van der Waals surface area (Å²) in [6.07, 6.45) is 0. The number of rotatable bonds is 5. The largest absolute Gasteiger partial charge is 0.491 e. The van der Waals surface area contributed by atoms with Crippen molar-refractivity contribution in [2.45, 2.75) is 6.04 Å². The second kappa shape index (κ2) is 6.43. The molecule has 0 aliphatic rings. The molecule has 0 heterocycles. The maximum Gasteiger partial charge on any atom is 0.127 e. The number of hydrogen-bond acceptors (Lipinski definition) is 4. The SMILES string of the molecule is N#CC(N)COc1ccc(Oc2ccccc2)cc1. The summed E-state index contributed by atoms with van der Waals surface area (Å²) in [6, 6.07) is 18.0. The van der Waals surface area contributed by atoms with Gasteiger partial charge in [-0.2, -0.15) is 5.26 Å². The van der Waals surface area contributed by atoms with Gasteiger partial charge in [-0.15, -0.1) is 0 Å². The predicted molar refractivity (Wildman–Crippen MR) is 72.0 cm³/mol. The monoisotopic (exact) mass is 254 g/mol. The second-order valence-electron chi connectivity index (χ2n) is 3.93. The van der Waals surface area contributed by atoms with E-state index in [0.29, 0.717) is 5.75 Å². The van der Waals surface area contributed by atoms with Gasteiger partial charge in [0.05, 0.1) is 6.07 Å². The molecule has 1 unspecified atom stereocenters. The average Bonchev–Trinajstić information content (AvgIpc) is 2.47. The highest BCUT2D eigenvalue weighted by molar-refractivity contribution is 5.35. The number of nitriles is 1. The van der Waals surface area contributed by atoms with Crippen molar-refractivity contribution in [1.82, 2.24) is 0 Å². The Kier molecular flexibility index (Phi) is 4.38. The molecule has 0 saturated heterocycles. The quantitative estimate of drug-likeness (QED) is 0.890. The van der Waals surface area contributed by atoms with Gasteiger partial charge < -0.3 is 15.2 Å². The van der Waals surface area contributed by atoms with Gasteiger partial charge in [0, 0.05) is 0 Å². The average molecular weight is 254 g/mol. The molecule has 0 fully saturated rings. The molecule has 4 heteroatoms. The zero-order chi connectivity index (χ0) is 13.5. The zero-order valence-electron chi connectivity index (χ0n) is 10.3. The molecule has 96 valence electrons. The summed E-state index contributed by atoms with van der Waals surface area (Å²) in [7, 11) is 0. The van der Waals surface area contributed by atoms with E-state index in [4.69, 9.17) is 20.5 Å². The molecule has 2 N–H and O–H groups in total. The third-order valence-electron chi connectivity index (χ3n) is 2.40. The van der Waals surface area contributed by atoms with E-state index in [1.807, 2.05) is 36.4 Å². The molecule has 19 heavy (non-hydrogen) atoms. The molecular weight excluding hydrogens is 240 g/mol. The van der Waals surface area contributed by atoms with Crippen molar-refractivity contribution in [2.24, 2.45) is 5.73 Å². The molecule has 0 radical (unpaired) electrons. The molecular formula is C15H14N2O2. The summed E-state index contributed by atoms with van der Waals surface area (Å²) in [5, 5.41) is 8.55. The second-order valence-corrected chi connectivity index (χ2v) is 3.93. The molecule has 0 amide bonds. The van der Waals surface area contributed by atoms with Crippen molar-refractivity contribution in [3.8, 4) is 23.3 Å². The van der Waals surface area contributed by atoms with E-state index in [2.05, 4.69) is 0 Å². The van der Waals surface area contributed by atoms with E-state index in [1.54, 1.807) is 24.3 Å². The van der Waals surface area contributed by atoms with E-state index in [0.717, 1.165) is 11.5 Å². The van der Waals surface area contributed by atoms with E-state index in [9.17, 15) is 0 Å². The van der Waals surface area contributed by atoms with Crippen LogP contribution in [-0.4, -0.2) is 12.6 Å². The first kappa shape index (κ1) is 12.9. The minimum atomic E-state index is -0.611. The van der Waals surface area contributed by atoms with Crippen LogP contribution in [0.5, 0.6) is 17.2 Å². The Morgan fingerprint density at radius 3 is 2.16 bits per heavy atom. The van der Waals surface area contributed by atoms with E-state index in [-0.39, 0.29) is 6.61 Å². The lowest BCUT2D eigenvalue weighted by atomic mass is 10.3. The maximum atomic E-state index is 8.55. The Labute approximate surface area is 112 Å². The standard InChI is InChI=1S/C15H14N2O2/c16-10-12(17)11-18-13-6-8-15(9-7-13)19-14-4-2-1-3-5-14/h1-9,12H,11,17H2. The number of nitrogens with two attached hydrogens (primary N) is 1. The zero-order valence-corrected chi connectivity index (χ0v) is 10.3. The third-order valence-corrected chi connectivity index (χ3v) is 2.40. The molecule has 2 aromatic carbocycles. The first-order valence-electron chi connectivity index (χ1n) is 5.89. The van der Waals surface area contributed by atoms with Crippen molar-refractivity contribution >= 4 is 0 Å². The molecule has 2 rings (SSSR count). The Bertz CT molecular complexity index is 547. The molecule has 0 saturated carbocycles. The fraction of sp³-hybridized carbons (Fsp3) is 0.133. The topological polar surface area (TPSA) is 68.3 Å². The fourth-order valence-corrected chi connectivity index (χ4v) is 1.45. The minimum absolute atomic E-state index is 0.176. The van der Waals surface area contributed by atoms with Gasteiger partial charge in [-0.3, -0.25) is 0 Å². The van der Waals surface area contributed by atoms with E-state index < -0.39 is 6.04 Å². The van der Waals surface area contributed by atoms with Crippen molar-refractivity contribution in [2.75, 3.05) is 6.61 Å². The maximum absolute atomic E-state index is 8.55. The number of benzene rings is 2. The number of ether oxygens (including phenoxy) is 2. The van der Waals surface area contributed by atoms with Crippen molar-refractivity contribution in [3.63, 3.8) is 0 Å². The summed E-state index contributed by atoms with van der Waals surface area (Å²) < 4.78 is 11.0. The lowest BCUT2D eigenvalue weighted by Gasteiger charge is -2.09. The van der Waals surface area contributed by atoms with Gasteiger partial charge >= 0.3 is 0 Å². The van der Waals surface area contributed by atoms with Gasteiger partial charge in [-0.1, -0.05) is 18.2 Å². The van der Waals surface area contributed by atoms with Crippen molar-refractivity contribution in [1.29, 1.82) is 5.26 Å². The van der Waals surface area contributed by atoms with Crippen LogP contribution in [0.3, 0.4) is 0 Å². The first-order valence-corrected chi connectivity index (χ1v) is 5.89. The summed E-state index contributed by atoms with van der Waals surface area (Å²) in [5.74, 6) is 2.16. The lowest BCUT2D eigenvalue weighted by molar-refractivity contribution is 0.308. The van der Waals surface area contributed by atoms with Crippen LogP contribution in [0.15, 0.2) is 54.6 Å². The number of hydrogen-bond donors (Lipinski definition) is 1. The molecule has 0 aliphatic heterocycles. The highest BCUT2D eigenvalue weighted by Gasteiger charge is 2.02. The smallest absolute Gasteiger partial charge is 0.127 e. The van der Waals surface area contributed by atoms with Gasteiger partial charge in [0.15, 0.2) is 0 Å². The van der Waals surface area contributed by atoms with Crippen LogP contribution in [0, 0.1) is 11.3 Å². The Hall–Kier alpha value is -2.51. The van der Waals surface area contributed by atoms with Crippen molar-refractivity contribution in [3.05, 3.63) is 54.6 Å². The molecule has 0 bridgehead atoms. The van der Waals surface area contributed by atoms with Gasteiger partial charge in [0.25, 0.3) is 0 Å². The van der Waals surface area contributed by atoms with Crippen LogP contribution in [0.4, 0.5) is 0 Å². The molecule has 1 atom stereocenters. The summed E-state index contributed by atoms with van der Waals surface area (Å²) in [4.78, 5) is 0. The molecule has 2 aromatic rings. The highest BCUT2D eigenvalue weighted by atomic mass is 16.5. The van der Waals surface area contributed by atoms with Gasteiger partial charge in [-0.05, 0) is 36.4 Å². The van der Waals surface area contributed by atoms with Crippen LogP contribution in [0.1, 0.15) is 0 Å². The number of para-hydroxylation sites is 1. The predicted octanol–water partition coefficient (Wildman–Crippen LogP) is 2.71. The normalized spacial score (nSPS) is 11.4. The molecule has 4 nitrogen and oxygen atoms in total. The minimum Gasteiger partial charge on any atom is -0.491 e. The lowest BCUT2D eigenvalue weighted by Crippen LogP contribution is -2.25. The summed E-state index contributed by atoms with van der Waals surface area (Å²) in [5.41, 5.74) is 5.44. The van der Waals surface area contributed by atoms with Crippen LogP contribution in [0.25, 0.3) is 0 Å². The highest BCUT2D eigenvalue weighted by Crippen LogP contribution is 2.23. The van der Waals surface area contributed by atoms with Gasteiger partial charge in [0.1, 0.15) is 29.9 Å². The number of nitrogens with zero attached hydrogens (tertiary/aromatic N) is 1. The Morgan fingerprint density at radius 2 is 1.53 bits per heavy atom. The first-order chi connectivity index (χ1) is 9.28. The summed E-state index contributed by atoms with van der Waals surface area (Å²) >= 11 is 0. The Balaban J connectivity index is 1.93. The van der Waals surface area contributed by atoms with Crippen LogP contribution >= 0.6 is 0 Å². The van der Waals surface area contributed by atoms with Gasteiger partial charge in [0.2, 0.25) is 0 Å². The van der Waals surface area contributed by atoms with Crippen LogP contribution in [-0.2, 0) is 0 Å². The molecule has 0 aromatic heterocycles. The van der Waals surface area contributed by atoms with Crippen LogP contribution < -0.4 is 15.2 Å².